The lowest BCUT2D eigenvalue weighted by atomic mass is 10.2. The number of nitrogens with zero attached hydrogens (tertiary/aromatic N) is 3. The third-order valence-corrected chi connectivity index (χ3v) is 4.96. The van der Waals surface area contributed by atoms with E-state index < -0.39 is 11.5 Å². The molecule has 5 nitrogen and oxygen atoms in total. The highest BCUT2D eigenvalue weighted by molar-refractivity contribution is 8.00. The first-order valence-electron chi connectivity index (χ1n) is 6.90. The second-order valence-corrected chi connectivity index (χ2v) is 6.91. The highest BCUT2D eigenvalue weighted by atomic mass is 35.5. The fourth-order valence-corrected chi connectivity index (χ4v) is 3.73. The molecule has 0 saturated carbocycles. The van der Waals surface area contributed by atoms with Crippen molar-refractivity contribution in [1.82, 2.24) is 14.8 Å². The summed E-state index contributed by atoms with van der Waals surface area (Å²) >= 11 is 13.1. The van der Waals surface area contributed by atoms with Gasteiger partial charge in [0, 0.05) is 25.7 Å². The zero-order valence-electron chi connectivity index (χ0n) is 12.9. The van der Waals surface area contributed by atoms with E-state index >= 15 is 0 Å². The molecule has 134 valence electrons. The summed E-state index contributed by atoms with van der Waals surface area (Å²) in [6.45, 7) is 0. The van der Waals surface area contributed by atoms with E-state index in [1.54, 1.807) is 12.3 Å². The Hall–Kier alpha value is -1.71. The van der Waals surface area contributed by atoms with Crippen LogP contribution in [0.4, 0.5) is 24.5 Å². The minimum atomic E-state index is -4.67. The number of aromatic amines is 1. The molecule has 0 spiro atoms. The van der Waals surface area contributed by atoms with E-state index in [-0.39, 0.29) is 10.4 Å². The Balaban J connectivity index is 1.88. The monoisotopic (exact) mass is 409 g/mol. The zero-order chi connectivity index (χ0) is 18.4. The molecule has 3 rings (SSSR count). The average molecular weight is 410 g/mol. The summed E-state index contributed by atoms with van der Waals surface area (Å²) in [6, 6.07) is 3.61. The van der Waals surface area contributed by atoms with Crippen molar-refractivity contribution in [2.45, 2.75) is 11.2 Å². The van der Waals surface area contributed by atoms with Crippen LogP contribution in [-0.2, 0) is 6.30 Å². The lowest BCUT2D eigenvalue weighted by Crippen LogP contribution is -2.18. The van der Waals surface area contributed by atoms with Crippen molar-refractivity contribution in [2.24, 2.45) is 0 Å². The Morgan fingerprint density at radius 2 is 2.00 bits per heavy atom. The zero-order valence-corrected chi connectivity index (χ0v) is 15.3. The molecule has 0 saturated heterocycles. The van der Waals surface area contributed by atoms with Crippen molar-refractivity contribution >= 4 is 57.4 Å². The van der Waals surface area contributed by atoms with Gasteiger partial charge in [-0.15, -0.1) is 13.2 Å². The minimum Gasteiger partial charge on any atom is -0.375 e. The Morgan fingerprint density at radius 1 is 1.28 bits per heavy atom. The fourth-order valence-electron chi connectivity index (χ4n) is 2.34. The first-order valence-corrected chi connectivity index (χ1v) is 8.48. The van der Waals surface area contributed by atoms with Crippen molar-refractivity contribution in [3.63, 3.8) is 0 Å². The molecule has 0 unspecified atom stereocenters. The summed E-state index contributed by atoms with van der Waals surface area (Å²) in [5.41, 5.74) is 1.73. The third-order valence-electron chi connectivity index (χ3n) is 3.41. The van der Waals surface area contributed by atoms with E-state index in [4.69, 9.17) is 23.2 Å². The highest BCUT2D eigenvalue weighted by Gasteiger charge is 2.35. The molecule has 0 aliphatic heterocycles. The van der Waals surface area contributed by atoms with Crippen molar-refractivity contribution in [3.8, 4) is 0 Å². The summed E-state index contributed by atoms with van der Waals surface area (Å²) in [7, 11) is 3.75. The molecule has 0 amide bonds. The van der Waals surface area contributed by atoms with Gasteiger partial charge in [0.2, 0.25) is 0 Å². The number of H-pyrrole nitrogens is 1. The number of anilines is 2. The summed E-state index contributed by atoms with van der Waals surface area (Å²) in [5, 5.41) is 4.19. The normalized spacial score (nSPS) is 12.0. The van der Waals surface area contributed by atoms with E-state index in [2.05, 4.69) is 14.8 Å². The lowest BCUT2D eigenvalue weighted by Gasteiger charge is -2.15. The van der Waals surface area contributed by atoms with Crippen LogP contribution in [0.2, 0.25) is 10.2 Å². The predicted molar refractivity (Wildman–Crippen MR) is 95.7 cm³/mol. The number of benzene rings is 1. The first-order chi connectivity index (χ1) is 11.7. The van der Waals surface area contributed by atoms with Crippen molar-refractivity contribution in [3.05, 3.63) is 34.7 Å². The molecule has 25 heavy (non-hydrogen) atoms. The molecule has 0 radical (unpaired) electrons. The SMILES string of the molecule is CN(C)c1c(Cl)ccc2c(SNc3cnn(C(F)(F)F)c3Cl)c[nH]c12. The van der Waals surface area contributed by atoms with Crippen LogP contribution in [0.25, 0.3) is 10.9 Å². The minimum absolute atomic E-state index is 0.0696. The summed E-state index contributed by atoms with van der Waals surface area (Å²) in [6.07, 6.45) is -1.90. The number of alkyl halides is 3. The van der Waals surface area contributed by atoms with Crippen LogP contribution in [-0.4, -0.2) is 28.9 Å². The topological polar surface area (TPSA) is 48.9 Å². The maximum atomic E-state index is 12.7. The van der Waals surface area contributed by atoms with Gasteiger partial charge < -0.3 is 14.6 Å². The molecular formula is C14H12Cl2F3N5S. The Bertz CT molecular complexity index is 919. The van der Waals surface area contributed by atoms with Gasteiger partial charge in [-0.05, 0) is 18.0 Å². The van der Waals surface area contributed by atoms with Crippen LogP contribution in [0.5, 0.6) is 0 Å². The number of nitrogens with one attached hydrogen (secondary N) is 2. The third kappa shape index (κ3) is 3.36. The fraction of sp³-hybridized carbons (Fsp3) is 0.214. The van der Waals surface area contributed by atoms with E-state index in [9.17, 15) is 13.2 Å². The van der Waals surface area contributed by atoms with Gasteiger partial charge in [-0.2, -0.15) is 9.78 Å². The highest BCUT2D eigenvalue weighted by Crippen LogP contribution is 2.38. The Morgan fingerprint density at radius 3 is 2.60 bits per heavy atom. The Kier molecular flexibility index (Phi) is 4.74. The summed E-state index contributed by atoms with van der Waals surface area (Å²) < 4.78 is 40.7. The molecule has 0 aliphatic carbocycles. The van der Waals surface area contributed by atoms with Crippen LogP contribution in [0, 0.1) is 0 Å². The maximum absolute atomic E-state index is 12.7. The standard InChI is InChI=1S/C14H12Cl2F3N5S/c1-23(2)12-8(15)4-3-7-10(6-20-11(7)12)25-22-9-5-21-24(13(9)16)14(17,18)19/h3-6,20,22H,1-2H3. The van der Waals surface area contributed by atoms with Gasteiger partial charge in [0.1, 0.15) is 5.69 Å². The Labute approximate surface area is 155 Å². The molecule has 0 fully saturated rings. The predicted octanol–water partition coefficient (Wildman–Crippen LogP) is 5.33. The van der Waals surface area contributed by atoms with Crippen molar-refractivity contribution in [1.29, 1.82) is 0 Å². The first kappa shape index (κ1) is 18.1. The molecule has 2 N–H and O–H groups in total. The summed E-state index contributed by atoms with van der Waals surface area (Å²) in [5.74, 6) is 0. The van der Waals surface area contributed by atoms with Crippen molar-refractivity contribution < 1.29 is 13.2 Å². The number of hydrogen-bond acceptors (Lipinski definition) is 4. The molecule has 3 aromatic rings. The van der Waals surface area contributed by atoms with Gasteiger partial charge in [0.05, 0.1) is 27.3 Å². The van der Waals surface area contributed by atoms with Gasteiger partial charge in [0.15, 0.2) is 5.15 Å². The number of rotatable bonds is 4. The lowest BCUT2D eigenvalue weighted by molar-refractivity contribution is -0.212. The quantitative estimate of drug-likeness (QED) is 0.571. The summed E-state index contributed by atoms with van der Waals surface area (Å²) in [4.78, 5) is 5.80. The molecule has 0 bridgehead atoms. The molecule has 2 aromatic heterocycles. The molecule has 11 heteroatoms. The number of aromatic nitrogens is 3. The van der Waals surface area contributed by atoms with Crippen molar-refractivity contribution in [2.75, 3.05) is 23.7 Å². The molecule has 0 aliphatic rings. The van der Waals surface area contributed by atoms with Crippen LogP contribution >= 0.6 is 35.1 Å². The van der Waals surface area contributed by atoms with Gasteiger partial charge in [-0.3, -0.25) is 0 Å². The molecule has 0 atom stereocenters. The van der Waals surface area contributed by atoms with Crippen LogP contribution in [0.1, 0.15) is 0 Å². The van der Waals surface area contributed by atoms with Crippen LogP contribution in [0.3, 0.4) is 0 Å². The maximum Gasteiger partial charge on any atom is 0.505 e. The van der Waals surface area contributed by atoms with E-state index in [0.717, 1.165) is 39.6 Å². The van der Waals surface area contributed by atoms with E-state index in [1.807, 2.05) is 25.1 Å². The average Bonchev–Trinajstić information content (AvgIpc) is 3.07. The van der Waals surface area contributed by atoms with Gasteiger partial charge >= 0.3 is 6.30 Å². The molecular weight excluding hydrogens is 398 g/mol. The number of hydrogen-bond donors (Lipinski definition) is 2. The molecule has 1 aromatic carbocycles. The smallest absolute Gasteiger partial charge is 0.375 e. The van der Waals surface area contributed by atoms with Gasteiger partial charge in [-0.1, -0.05) is 29.3 Å². The number of halogens is 5. The van der Waals surface area contributed by atoms with Crippen LogP contribution in [0.15, 0.2) is 29.4 Å². The van der Waals surface area contributed by atoms with Gasteiger partial charge in [-0.25, -0.2) is 0 Å². The second-order valence-electron chi connectivity index (χ2n) is 5.30. The van der Waals surface area contributed by atoms with E-state index in [1.165, 1.54) is 0 Å². The molecule has 2 heterocycles. The largest absolute Gasteiger partial charge is 0.505 e. The van der Waals surface area contributed by atoms with Gasteiger partial charge in [0.25, 0.3) is 0 Å². The van der Waals surface area contributed by atoms with E-state index in [0.29, 0.717) is 5.02 Å². The van der Waals surface area contributed by atoms with Crippen LogP contribution < -0.4 is 9.62 Å². The number of fused-ring (bicyclic) bond motifs is 1. The second kappa shape index (κ2) is 6.54.